The molecule has 2 aromatic heterocycles. The number of hydrogen-bond acceptors (Lipinski definition) is 6. The summed E-state index contributed by atoms with van der Waals surface area (Å²) >= 11 is 1.56. The summed E-state index contributed by atoms with van der Waals surface area (Å²) in [7, 11) is 1.89. The Morgan fingerprint density at radius 3 is 2.59 bits per heavy atom. The Morgan fingerprint density at radius 1 is 1.09 bits per heavy atom. The number of furan rings is 1. The first kappa shape index (κ1) is 21.6. The van der Waals surface area contributed by atoms with E-state index >= 15 is 0 Å². The summed E-state index contributed by atoms with van der Waals surface area (Å²) in [5, 5.41) is 9.62. The molecule has 32 heavy (non-hydrogen) atoms. The van der Waals surface area contributed by atoms with E-state index in [1.54, 1.807) is 36.5 Å². The van der Waals surface area contributed by atoms with Crippen molar-refractivity contribution in [1.29, 1.82) is 0 Å². The normalized spacial score (nSPS) is 11.0. The van der Waals surface area contributed by atoms with Gasteiger partial charge in [0.1, 0.15) is 11.9 Å². The summed E-state index contributed by atoms with van der Waals surface area (Å²) in [6, 6.07) is 11.2. The van der Waals surface area contributed by atoms with E-state index in [9.17, 15) is 9.59 Å². The summed E-state index contributed by atoms with van der Waals surface area (Å²) < 4.78 is 7.49. The Morgan fingerprint density at radius 2 is 1.88 bits per heavy atom. The number of carbonyl (C=O) groups excluding carboxylic acids is 2. The zero-order valence-electron chi connectivity index (χ0n) is 18.0. The van der Waals surface area contributed by atoms with Gasteiger partial charge in [0.2, 0.25) is 5.91 Å². The highest BCUT2D eigenvalue weighted by molar-refractivity contribution is 7.98. The molecule has 0 saturated heterocycles. The van der Waals surface area contributed by atoms with Gasteiger partial charge in [0.15, 0.2) is 5.16 Å². The van der Waals surface area contributed by atoms with Gasteiger partial charge in [-0.25, -0.2) is 0 Å². The molecule has 0 spiro atoms. The summed E-state index contributed by atoms with van der Waals surface area (Å²) in [5.74, 6) is 0.00776. The molecule has 0 radical (unpaired) electrons. The molecule has 0 aliphatic carbocycles. The van der Waals surface area contributed by atoms with Crippen LogP contribution in [0.4, 0.5) is 0 Å². The Bertz CT molecular complexity index is 1280. The Kier molecular flexibility index (Phi) is 6.27. The lowest BCUT2D eigenvalue weighted by Gasteiger charge is -2.08. The second-order valence-electron chi connectivity index (χ2n) is 7.53. The van der Waals surface area contributed by atoms with Crippen molar-refractivity contribution in [3.63, 3.8) is 0 Å². The second-order valence-corrected chi connectivity index (χ2v) is 8.48. The van der Waals surface area contributed by atoms with E-state index in [-0.39, 0.29) is 18.2 Å². The van der Waals surface area contributed by atoms with E-state index < -0.39 is 0 Å². The summed E-state index contributed by atoms with van der Waals surface area (Å²) in [4.78, 5) is 24.7. The molecule has 8 nitrogen and oxygen atoms in total. The number of nitrogens with zero attached hydrogens (tertiary/aromatic N) is 3. The van der Waals surface area contributed by atoms with Crippen molar-refractivity contribution in [2.75, 3.05) is 0 Å². The predicted molar refractivity (Wildman–Crippen MR) is 122 cm³/mol. The van der Waals surface area contributed by atoms with E-state index in [1.165, 1.54) is 0 Å². The van der Waals surface area contributed by atoms with Crippen LogP contribution in [0.25, 0.3) is 11.0 Å². The van der Waals surface area contributed by atoms with Crippen LogP contribution in [0.15, 0.2) is 58.6 Å². The number of carbonyl (C=O) groups is 2. The highest BCUT2D eigenvalue weighted by Crippen LogP contribution is 2.26. The molecule has 0 unspecified atom stereocenters. The molecule has 164 valence electrons. The van der Waals surface area contributed by atoms with Crippen molar-refractivity contribution in [3.8, 4) is 0 Å². The van der Waals surface area contributed by atoms with Crippen LogP contribution in [-0.4, -0.2) is 26.6 Å². The number of fused-ring (bicyclic) bond motifs is 1. The van der Waals surface area contributed by atoms with Crippen molar-refractivity contribution in [2.45, 2.75) is 31.2 Å². The van der Waals surface area contributed by atoms with E-state index in [2.05, 4.69) is 21.0 Å². The van der Waals surface area contributed by atoms with E-state index in [0.717, 1.165) is 38.4 Å². The van der Waals surface area contributed by atoms with Crippen molar-refractivity contribution >= 4 is 34.5 Å². The van der Waals surface area contributed by atoms with Gasteiger partial charge in [0.05, 0.1) is 12.7 Å². The minimum Gasteiger partial charge on any atom is -0.464 e. The van der Waals surface area contributed by atoms with Crippen LogP contribution in [0.1, 0.15) is 32.6 Å². The molecule has 4 rings (SSSR count). The van der Waals surface area contributed by atoms with E-state index in [1.807, 2.05) is 49.7 Å². The minimum atomic E-state index is -0.380. The van der Waals surface area contributed by atoms with Gasteiger partial charge in [-0.05, 0) is 42.7 Å². The number of hydrogen-bond donors (Lipinski definition) is 2. The van der Waals surface area contributed by atoms with Gasteiger partial charge in [0.25, 0.3) is 5.91 Å². The monoisotopic (exact) mass is 449 g/mol. The van der Waals surface area contributed by atoms with Gasteiger partial charge in [-0.15, -0.1) is 10.2 Å². The van der Waals surface area contributed by atoms with Gasteiger partial charge < -0.3 is 8.98 Å². The molecule has 0 saturated carbocycles. The molecule has 0 bridgehead atoms. The lowest BCUT2D eigenvalue weighted by Crippen LogP contribution is -2.42. The number of hydrazine groups is 1. The topological polar surface area (TPSA) is 102 Å². The quantitative estimate of drug-likeness (QED) is 0.345. The maximum absolute atomic E-state index is 12.4. The van der Waals surface area contributed by atoms with E-state index in [4.69, 9.17) is 4.42 Å². The molecule has 0 aliphatic heterocycles. The highest BCUT2D eigenvalue weighted by Gasteiger charge is 2.14. The number of aryl methyl sites for hydroxylation is 3. The van der Waals surface area contributed by atoms with E-state index in [0.29, 0.717) is 11.3 Å². The summed E-state index contributed by atoms with van der Waals surface area (Å²) in [6.07, 6.45) is 3.35. The smallest absolute Gasteiger partial charge is 0.269 e. The average Bonchev–Trinajstić information content (AvgIpc) is 3.39. The van der Waals surface area contributed by atoms with Crippen LogP contribution in [0.2, 0.25) is 0 Å². The van der Waals surface area contributed by atoms with Crippen LogP contribution in [0.3, 0.4) is 0 Å². The molecule has 0 aliphatic rings. The first-order chi connectivity index (χ1) is 15.4. The third-order valence-electron chi connectivity index (χ3n) is 5.26. The fourth-order valence-electron chi connectivity index (χ4n) is 3.24. The van der Waals surface area contributed by atoms with Gasteiger partial charge in [0, 0.05) is 29.3 Å². The Hall–Kier alpha value is -3.59. The predicted octanol–water partition coefficient (Wildman–Crippen LogP) is 3.47. The largest absolute Gasteiger partial charge is 0.464 e. The minimum absolute atomic E-state index is 0.105. The summed E-state index contributed by atoms with van der Waals surface area (Å²) in [6.45, 7) is 4.01. The molecule has 2 aromatic carbocycles. The molecular formula is C23H23N5O3S. The molecule has 2 heterocycles. The molecule has 9 heteroatoms. The third-order valence-corrected chi connectivity index (χ3v) is 6.37. The Labute approximate surface area is 189 Å². The molecule has 0 fully saturated rings. The first-order valence-electron chi connectivity index (χ1n) is 10.0. The SMILES string of the molecule is Cc1ccc2c(CC(=O)NNC(=O)c3ccc(CSc4nncn4C)cc3)coc2c1C. The zero-order chi connectivity index (χ0) is 22.7. The molecule has 2 N–H and O–H groups in total. The third kappa shape index (κ3) is 4.67. The van der Waals surface area contributed by atoms with Gasteiger partial charge in [-0.2, -0.15) is 0 Å². The maximum atomic E-state index is 12.4. The average molecular weight is 450 g/mol. The van der Waals surface area contributed by atoms with Crippen LogP contribution in [0, 0.1) is 13.8 Å². The van der Waals surface area contributed by atoms with Crippen molar-refractivity contribution < 1.29 is 14.0 Å². The molecular weight excluding hydrogens is 426 g/mol. The lowest BCUT2D eigenvalue weighted by molar-refractivity contribution is -0.121. The van der Waals surface area contributed by atoms with Crippen LogP contribution < -0.4 is 10.9 Å². The van der Waals surface area contributed by atoms with Gasteiger partial charge >= 0.3 is 0 Å². The van der Waals surface area contributed by atoms with Gasteiger partial charge in [-0.1, -0.05) is 36.0 Å². The molecule has 4 aromatic rings. The summed E-state index contributed by atoms with van der Waals surface area (Å²) in [5.41, 5.74) is 10.2. The number of thioether (sulfide) groups is 1. The van der Waals surface area contributed by atoms with Gasteiger partial charge in [-0.3, -0.25) is 20.4 Å². The fraction of sp³-hybridized carbons (Fsp3) is 0.217. The van der Waals surface area contributed by atoms with Crippen LogP contribution >= 0.6 is 11.8 Å². The van der Waals surface area contributed by atoms with Crippen molar-refractivity contribution in [3.05, 3.63) is 76.8 Å². The van der Waals surface area contributed by atoms with Crippen molar-refractivity contribution in [1.82, 2.24) is 25.6 Å². The molecule has 2 amide bonds. The van der Waals surface area contributed by atoms with Crippen LogP contribution in [0.5, 0.6) is 0 Å². The van der Waals surface area contributed by atoms with Crippen LogP contribution in [-0.2, 0) is 24.0 Å². The maximum Gasteiger partial charge on any atom is 0.269 e. The second kappa shape index (κ2) is 9.27. The molecule has 0 atom stereocenters. The van der Waals surface area contributed by atoms with Crippen molar-refractivity contribution in [2.24, 2.45) is 7.05 Å². The first-order valence-corrected chi connectivity index (χ1v) is 11.0. The number of amides is 2. The number of aromatic nitrogens is 3. The standard InChI is InChI=1S/C23H23N5O3S/c1-14-4-9-19-18(11-31-21(19)15(14)2)10-20(29)25-26-22(30)17-7-5-16(6-8-17)12-32-23-27-24-13-28(23)3/h4-9,11,13H,10,12H2,1-3H3,(H,25,29)(H,26,30). The highest BCUT2D eigenvalue weighted by atomic mass is 32.2. The fourth-order valence-corrected chi connectivity index (χ4v) is 4.09. The zero-order valence-corrected chi connectivity index (χ0v) is 18.8. The number of rotatable bonds is 6. The number of nitrogens with one attached hydrogen (secondary N) is 2. The number of benzene rings is 2. The Balaban J connectivity index is 1.30. The lowest BCUT2D eigenvalue weighted by atomic mass is 10.0.